The molecule has 1 nitrogen and oxygen atoms in total. The first-order valence-corrected chi connectivity index (χ1v) is 4.46. The summed E-state index contributed by atoms with van der Waals surface area (Å²) in [6.07, 6.45) is 9.92. The lowest BCUT2D eigenvalue weighted by Gasteiger charge is -2.13. The van der Waals surface area contributed by atoms with E-state index in [1.165, 1.54) is 12.0 Å². The molecule has 0 aromatic carbocycles. The van der Waals surface area contributed by atoms with Gasteiger partial charge in [0.1, 0.15) is 0 Å². The molecule has 0 aliphatic heterocycles. The van der Waals surface area contributed by atoms with E-state index >= 15 is 0 Å². The Hall–Kier alpha value is -0.820. The van der Waals surface area contributed by atoms with Gasteiger partial charge >= 0.3 is 0 Å². The summed E-state index contributed by atoms with van der Waals surface area (Å²) in [6.45, 7) is 5.83. The Bertz CT molecular complexity index is 223. The van der Waals surface area contributed by atoms with Crippen LogP contribution in [0.2, 0.25) is 0 Å². The van der Waals surface area contributed by atoms with E-state index in [1.807, 2.05) is 6.92 Å². The van der Waals surface area contributed by atoms with Crippen LogP contribution < -0.4 is 5.73 Å². The molecule has 0 bridgehead atoms. The molecule has 0 spiro atoms. The predicted molar refractivity (Wildman–Crippen MR) is 53.9 cm³/mol. The van der Waals surface area contributed by atoms with Crippen LogP contribution in [0.4, 0.5) is 0 Å². The molecule has 0 aromatic rings. The van der Waals surface area contributed by atoms with Gasteiger partial charge in [-0.15, -0.1) is 0 Å². The Morgan fingerprint density at radius 2 is 2.42 bits per heavy atom. The van der Waals surface area contributed by atoms with E-state index in [4.69, 9.17) is 5.73 Å². The third kappa shape index (κ3) is 2.67. The lowest BCUT2D eigenvalue weighted by Crippen LogP contribution is -2.21. The minimum Gasteiger partial charge on any atom is -0.324 e. The van der Waals surface area contributed by atoms with E-state index in [9.17, 15) is 0 Å². The van der Waals surface area contributed by atoms with Crippen molar-refractivity contribution in [2.24, 2.45) is 5.73 Å². The van der Waals surface area contributed by atoms with Gasteiger partial charge in [-0.05, 0) is 26.2 Å². The Balaban J connectivity index is 2.45. The monoisotopic (exact) mass is 163 g/mol. The average molecular weight is 163 g/mol. The summed E-state index contributed by atoms with van der Waals surface area (Å²) in [5.74, 6) is 0. The summed E-state index contributed by atoms with van der Waals surface area (Å²) in [7, 11) is 0. The van der Waals surface area contributed by atoms with Crippen LogP contribution >= 0.6 is 0 Å². The van der Waals surface area contributed by atoms with Crippen molar-refractivity contribution in [1.82, 2.24) is 0 Å². The summed E-state index contributed by atoms with van der Waals surface area (Å²) < 4.78 is 0. The first-order chi connectivity index (χ1) is 5.70. The van der Waals surface area contributed by atoms with Crippen molar-refractivity contribution in [2.45, 2.75) is 32.2 Å². The van der Waals surface area contributed by atoms with Gasteiger partial charge in [0.15, 0.2) is 0 Å². The highest BCUT2D eigenvalue weighted by Crippen LogP contribution is 2.16. The molecule has 66 valence electrons. The fourth-order valence-corrected chi connectivity index (χ4v) is 1.25. The Labute approximate surface area is 74.7 Å². The Morgan fingerprint density at radius 3 is 2.92 bits per heavy atom. The lowest BCUT2D eigenvalue weighted by molar-refractivity contribution is 0.761. The number of hydrogen-bond donors (Lipinski definition) is 1. The van der Waals surface area contributed by atoms with Gasteiger partial charge in [0.05, 0.1) is 0 Å². The molecule has 2 N–H and O–H groups in total. The van der Waals surface area contributed by atoms with Crippen molar-refractivity contribution >= 4 is 0 Å². The van der Waals surface area contributed by atoms with Crippen molar-refractivity contribution in [3.05, 3.63) is 36.0 Å². The van der Waals surface area contributed by atoms with Crippen LogP contribution in [0.15, 0.2) is 36.0 Å². The molecule has 0 amide bonds. The summed E-state index contributed by atoms with van der Waals surface area (Å²) >= 11 is 0. The quantitative estimate of drug-likeness (QED) is 0.636. The van der Waals surface area contributed by atoms with Crippen LogP contribution in [0.1, 0.15) is 26.2 Å². The van der Waals surface area contributed by atoms with Gasteiger partial charge in [0.2, 0.25) is 0 Å². The molecule has 1 aliphatic carbocycles. The second kappa shape index (κ2) is 4.27. The van der Waals surface area contributed by atoms with Crippen molar-refractivity contribution in [3.8, 4) is 0 Å². The average Bonchev–Trinajstić information content (AvgIpc) is 2.06. The minimum absolute atomic E-state index is 0.124. The molecule has 0 radical (unpaired) electrons. The Morgan fingerprint density at radius 1 is 1.67 bits per heavy atom. The number of rotatable bonds is 3. The molecular weight excluding hydrogens is 146 g/mol. The Kier molecular flexibility index (Phi) is 3.30. The zero-order valence-corrected chi connectivity index (χ0v) is 7.72. The van der Waals surface area contributed by atoms with Gasteiger partial charge < -0.3 is 5.73 Å². The zero-order valence-electron chi connectivity index (χ0n) is 7.72. The highest BCUT2D eigenvalue weighted by Gasteiger charge is 2.05. The molecule has 0 fully saturated rings. The second-order valence-corrected chi connectivity index (χ2v) is 3.42. The summed E-state index contributed by atoms with van der Waals surface area (Å²) in [5.41, 5.74) is 8.30. The van der Waals surface area contributed by atoms with E-state index in [-0.39, 0.29) is 6.04 Å². The van der Waals surface area contributed by atoms with Crippen LogP contribution in [-0.2, 0) is 0 Å². The van der Waals surface area contributed by atoms with Crippen LogP contribution in [0.25, 0.3) is 0 Å². The summed E-state index contributed by atoms with van der Waals surface area (Å²) in [6, 6.07) is 0.124. The predicted octanol–water partition coefficient (Wildman–Crippen LogP) is 2.56. The van der Waals surface area contributed by atoms with E-state index < -0.39 is 0 Å². The molecule has 1 atom stereocenters. The summed E-state index contributed by atoms with van der Waals surface area (Å²) in [5, 5.41) is 0. The topological polar surface area (TPSA) is 26.0 Å². The third-order valence-electron chi connectivity index (χ3n) is 2.16. The minimum atomic E-state index is 0.124. The molecule has 1 aliphatic rings. The van der Waals surface area contributed by atoms with Gasteiger partial charge in [-0.3, -0.25) is 0 Å². The van der Waals surface area contributed by atoms with Gasteiger partial charge in [0.25, 0.3) is 0 Å². The van der Waals surface area contributed by atoms with Crippen molar-refractivity contribution < 1.29 is 0 Å². The molecule has 0 saturated heterocycles. The van der Waals surface area contributed by atoms with E-state index in [1.54, 1.807) is 0 Å². The standard InChI is InChI=1S/C11H17N/c1-9(2)11(12)8-10-6-4-3-5-7-10/h4,6-7,11H,1,3,5,8,12H2,2H3. The number of allylic oxidation sites excluding steroid dienone is 3. The van der Waals surface area contributed by atoms with Crippen LogP contribution in [0, 0.1) is 0 Å². The highest BCUT2D eigenvalue weighted by molar-refractivity contribution is 5.24. The molecule has 12 heavy (non-hydrogen) atoms. The lowest BCUT2D eigenvalue weighted by atomic mass is 9.97. The van der Waals surface area contributed by atoms with E-state index in [0.29, 0.717) is 0 Å². The fourth-order valence-electron chi connectivity index (χ4n) is 1.25. The van der Waals surface area contributed by atoms with Crippen LogP contribution in [0.5, 0.6) is 0 Å². The fraction of sp³-hybridized carbons (Fsp3) is 0.455. The van der Waals surface area contributed by atoms with E-state index in [2.05, 4.69) is 24.8 Å². The smallest absolute Gasteiger partial charge is 0.0289 e. The molecule has 0 saturated carbocycles. The third-order valence-corrected chi connectivity index (χ3v) is 2.16. The van der Waals surface area contributed by atoms with Gasteiger partial charge in [-0.1, -0.05) is 36.0 Å². The maximum Gasteiger partial charge on any atom is 0.0289 e. The molecule has 1 heteroatoms. The van der Waals surface area contributed by atoms with E-state index in [0.717, 1.165) is 18.4 Å². The first kappa shape index (κ1) is 9.27. The van der Waals surface area contributed by atoms with Crippen molar-refractivity contribution in [3.63, 3.8) is 0 Å². The number of nitrogens with two attached hydrogens (primary N) is 1. The molecule has 1 unspecified atom stereocenters. The zero-order chi connectivity index (χ0) is 8.97. The second-order valence-electron chi connectivity index (χ2n) is 3.42. The first-order valence-electron chi connectivity index (χ1n) is 4.46. The maximum atomic E-state index is 5.87. The van der Waals surface area contributed by atoms with Crippen LogP contribution in [0.3, 0.4) is 0 Å². The molecular formula is C11H17N. The van der Waals surface area contributed by atoms with Crippen molar-refractivity contribution in [1.29, 1.82) is 0 Å². The molecule has 0 heterocycles. The molecule has 0 aromatic heterocycles. The normalized spacial score (nSPS) is 18.7. The summed E-state index contributed by atoms with van der Waals surface area (Å²) in [4.78, 5) is 0. The van der Waals surface area contributed by atoms with Gasteiger partial charge in [0, 0.05) is 6.04 Å². The largest absolute Gasteiger partial charge is 0.324 e. The molecule has 1 rings (SSSR count). The van der Waals surface area contributed by atoms with Gasteiger partial charge in [-0.25, -0.2) is 0 Å². The van der Waals surface area contributed by atoms with Crippen LogP contribution in [-0.4, -0.2) is 6.04 Å². The maximum absolute atomic E-state index is 5.87. The number of hydrogen-bond acceptors (Lipinski definition) is 1. The SMILES string of the molecule is C=C(C)C(N)CC1=CCCC=C1. The highest BCUT2D eigenvalue weighted by atomic mass is 14.6. The van der Waals surface area contributed by atoms with Crippen molar-refractivity contribution in [2.75, 3.05) is 0 Å². The van der Waals surface area contributed by atoms with Gasteiger partial charge in [-0.2, -0.15) is 0 Å².